The molecule has 0 fully saturated rings. The quantitative estimate of drug-likeness (QED) is 0.382. The molecule has 3 rings (SSSR count). The number of likely N-dealkylation sites (N-methyl/N-ethyl adjacent to an activating group) is 1. The van der Waals surface area contributed by atoms with E-state index in [2.05, 4.69) is 10.4 Å². The summed E-state index contributed by atoms with van der Waals surface area (Å²) >= 11 is 0. The van der Waals surface area contributed by atoms with Crippen molar-refractivity contribution in [1.82, 2.24) is 9.88 Å². The van der Waals surface area contributed by atoms with Crippen LogP contribution < -0.4 is 16.1 Å². The first-order valence-electron chi connectivity index (χ1n) is 6.81. The minimum atomic E-state index is -4.49. The summed E-state index contributed by atoms with van der Waals surface area (Å²) in [7, 11) is 1.80. The van der Waals surface area contributed by atoms with Gasteiger partial charge < -0.3 is 20.6 Å². The van der Waals surface area contributed by atoms with Crippen molar-refractivity contribution in [3.05, 3.63) is 29.5 Å². The monoisotopic (exact) mass is 325 g/mol. The summed E-state index contributed by atoms with van der Waals surface area (Å²) in [5.41, 5.74) is 0.451. The van der Waals surface area contributed by atoms with Crippen LogP contribution in [0.2, 0.25) is 0 Å². The number of anilines is 1. The molecule has 1 aromatic carbocycles. The Morgan fingerprint density at radius 2 is 2.13 bits per heavy atom. The van der Waals surface area contributed by atoms with Crippen molar-refractivity contribution in [2.75, 3.05) is 18.5 Å². The normalized spacial score (nSPS) is 14.7. The summed E-state index contributed by atoms with van der Waals surface area (Å²) in [5, 5.41) is 5.49. The number of aromatic nitrogens is 1. The van der Waals surface area contributed by atoms with Gasteiger partial charge in [0.05, 0.1) is 16.8 Å². The van der Waals surface area contributed by atoms with Gasteiger partial charge in [0.25, 0.3) is 5.91 Å². The Kier molecular flexibility index (Phi) is 3.42. The van der Waals surface area contributed by atoms with E-state index in [-0.39, 0.29) is 11.1 Å². The van der Waals surface area contributed by atoms with E-state index >= 15 is 0 Å². The zero-order valence-corrected chi connectivity index (χ0v) is 12.2. The molecule has 0 saturated heterocycles. The Hall–Kier alpha value is -2.71. The number of hydrogen-bond donors (Lipinski definition) is 2. The molecule has 0 bridgehead atoms. The number of nitrogens with one attached hydrogen (secondary N) is 1. The van der Waals surface area contributed by atoms with Crippen LogP contribution in [0, 0.1) is 0 Å². The summed E-state index contributed by atoms with van der Waals surface area (Å²) in [6.07, 6.45) is -3.50. The van der Waals surface area contributed by atoms with Crippen LogP contribution in [0.4, 0.5) is 18.9 Å². The van der Waals surface area contributed by atoms with Gasteiger partial charge in [0.15, 0.2) is 0 Å². The third kappa shape index (κ3) is 2.37. The number of amides is 1. The van der Waals surface area contributed by atoms with Gasteiger partial charge in [-0.05, 0) is 18.2 Å². The minimum Gasteiger partial charge on any atom is -0.371 e. The largest absolute Gasteiger partial charge is 0.417 e. The van der Waals surface area contributed by atoms with Crippen molar-refractivity contribution in [3.63, 3.8) is 0 Å². The van der Waals surface area contributed by atoms with Crippen LogP contribution in [-0.2, 0) is 12.7 Å². The zero-order chi connectivity index (χ0) is 16.8. The summed E-state index contributed by atoms with van der Waals surface area (Å²) in [6, 6.07) is 3.75. The first-order valence-corrected chi connectivity index (χ1v) is 6.81. The van der Waals surface area contributed by atoms with Gasteiger partial charge in [-0.3, -0.25) is 4.79 Å². The lowest BCUT2D eigenvalue weighted by molar-refractivity contribution is -0.136. The van der Waals surface area contributed by atoms with Gasteiger partial charge in [0, 0.05) is 25.5 Å². The van der Waals surface area contributed by atoms with Gasteiger partial charge in [-0.1, -0.05) is 0 Å². The van der Waals surface area contributed by atoms with Gasteiger partial charge in [-0.2, -0.15) is 18.3 Å². The van der Waals surface area contributed by atoms with Crippen molar-refractivity contribution < 1.29 is 18.0 Å². The van der Waals surface area contributed by atoms with E-state index in [1.807, 2.05) is 4.90 Å². The molecule has 122 valence electrons. The first-order chi connectivity index (χ1) is 10.8. The Morgan fingerprint density at radius 3 is 2.78 bits per heavy atom. The molecular weight excluding hydrogens is 311 g/mol. The van der Waals surface area contributed by atoms with E-state index < -0.39 is 17.6 Å². The van der Waals surface area contributed by atoms with Crippen LogP contribution in [0.3, 0.4) is 0 Å². The number of hydrazone groups is 1. The van der Waals surface area contributed by atoms with Crippen molar-refractivity contribution >= 4 is 28.8 Å². The number of carbonyl (C=O) groups excluding carboxylic acids is 1. The number of benzene rings is 1. The third-order valence-electron chi connectivity index (χ3n) is 3.92. The van der Waals surface area contributed by atoms with Crippen LogP contribution in [-0.4, -0.2) is 30.4 Å². The maximum Gasteiger partial charge on any atom is 0.417 e. The average molecular weight is 325 g/mol. The van der Waals surface area contributed by atoms with Gasteiger partial charge in [-0.15, -0.1) is 0 Å². The molecular formula is C14H14F3N5O. The van der Waals surface area contributed by atoms with Gasteiger partial charge in [0.2, 0.25) is 0 Å². The molecule has 1 aliphatic heterocycles. The minimum absolute atomic E-state index is 0.0105. The number of rotatable bonds is 2. The molecule has 6 nitrogen and oxygen atoms in total. The van der Waals surface area contributed by atoms with Crippen LogP contribution in [0.1, 0.15) is 16.1 Å². The predicted molar refractivity (Wildman–Crippen MR) is 80.4 cm³/mol. The fourth-order valence-electron chi connectivity index (χ4n) is 2.88. The van der Waals surface area contributed by atoms with Crippen LogP contribution in [0.5, 0.6) is 0 Å². The lowest BCUT2D eigenvalue weighted by Crippen LogP contribution is -2.31. The molecule has 0 aliphatic carbocycles. The molecule has 1 amide bonds. The molecule has 2 aromatic rings. The Labute approximate surface area is 129 Å². The first kappa shape index (κ1) is 15.2. The molecule has 3 N–H and O–H groups in total. The second kappa shape index (κ2) is 5.18. The SMILES string of the molecule is CN1CCn2c(C(=O)NC=NN)cc3c(C(F)(F)F)ccc1c32. The van der Waals surface area contributed by atoms with E-state index in [4.69, 9.17) is 5.84 Å². The van der Waals surface area contributed by atoms with Crippen molar-refractivity contribution in [1.29, 1.82) is 0 Å². The van der Waals surface area contributed by atoms with Gasteiger partial charge in [0.1, 0.15) is 12.0 Å². The average Bonchev–Trinajstić information content (AvgIpc) is 2.87. The lowest BCUT2D eigenvalue weighted by atomic mass is 10.1. The number of hydrogen-bond acceptors (Lipinski definition) is 4. The van der Waals surface area contributed by atoms with Crippen LogP contribution in [0.15, 0.2) is 23.3 Å². The number of alkyl halides is 3. The molecule has 0 saturated carbocycles. The van der Waals surface area contributed by atoms with Crippen LogP contribution >= 0.6 is 0 Å². The lowest BCUT2D eigenvalue weighted by Gasteiger charge is -2.28. The highest BCUT2D eigenvalue weighted by Crippen LogP contribution is 2.41. The van der Waals surface area contributed by atoms with E-state index in [0.717, 1.165) is 12.4 Å². The predicted octanol–water partition coefficient (Wildman–Crippen LogP) is 1.74. The molecule has 0 atom stereocenters. The number of carbonyl (C=O) groups is 1. The molecule has 1 aromatic heterocycles. The Morgan fingerprint density at radius 1 is 1.39 bits per heavy atom. The Balaban J connectivity index is 2.27. The maximum absolute atomic E-state index is 13.3. The second-order valence-corrected chi connectivity index (χ2v) is 5.25. The smallest absolute Gasteiger partial charge is 0.371 e. The fraction of sp³-hybridized carbons (Fsp3) is 0.286. The van der Waals surface area contributed by atoms with E-state index in [1.54, 1.807) is 11.6 Å². The van der Waals surface area contributed by atoms with E-state index in [9.17, 15) is 18.0 Å². The fourth-order valence-corrected chi connectivity index (χ4v) is 2.88. The number of halogens is 3. The highest BCUT2D eigenvalue weighted by molar-refractivity contribution is 6.06. The van der Waals surface area contributed by atoms with Crippen molar-refractivity contribution in [2.45, 2.75) is 12.7 Å². The van der Waals surface area contributed by atoms with Crippen molar-refractivity contribution in [2.24, 2.45) is 10.9 Å². The summed E-state index contributed by atoms with van der Waals surface area (Å²) in [4.78, 5) is 14.0. The second-order valence-electron chi connectivity index (χ2n) is 5.25. The number of nitrogens with two attached hydrogens (primary N) is 1. The highest BCUT2D eigenvalue weighted by Gasteiger charge is 2.35. The maximum atomic E-state index is 13.3. The summed E-state index contributed by atoms with van der Waals surface area (Å²) < 4.78 is 41.4. The topological polar surface area (TPSA) is 75.7 Å². The Bertz CT molecular complexity index is 809. The number of nitrogens with zero attached hydrogens (tertiary/aromatic N) is 3. The third-order valence-corrected chi connectivity index (χ3v) is 3.92. The van der Waals surface area contributed by atoms with Gasteiger partial charge >= 0.3 is 6.18 Å². The molecule has 0 unspecified atom stereocenters. The molecule has 9 heteroatoms. The van der Waals surface area contributed by atoms with E-state index in [0.29, 0.717) is 24.3 Å². The summed E-state index contributed by atoms with van der Waals surface area (Å²) in [5.74, 6) is 4.37. The molecule has 23 heavy (non-hydrogen) atoms. The molecule has 1 aliphatic rings. The molecule has 0 radical (unpaired) electrons. The van der Waals surface area contributed by atoms with Crippen molar-refractivity contribution in [3.8, 4) is 0 Å². The van der Waals surface area contributed by atoms with E-state index in [1.165, 1.54) is 12.1 Å². The highest BCUT2D eigenvalue weighted by atomic mass is 19.4. The molecule has 0 spiro atoms. The molecule has 2 heterocycles. The van der Waals surface area contributed by atoms with Gasteiger partial charge in [-0.25, -0.2) is 0 Å². The van der Waals surface area contributed by atoms with Crippen LogP contribution in [0.25, 0.3) is 10.9 Å². The zero-order valence-electron chi connectivity index (χ0n) is 12.2. The summed E-state index contributed by atoms with van der Waals surface area (Å²) in [6.45, 7) is 1.00. The standard InChI is InChI=1S/C14H14F3N5O/c1-21-4-5-22-11(13(23)19-7-20-18)6-8-9(14(15,16)17)2-3-10(21)12(8)22/h2-3,6-7H,4-5,18H2,1H3,(H,19,20,23).